The molecule has 98 valence electrons. The fourth-order valence-electron chi connectivity index (χ4n) is 2.01. The molecule has 0 bridgehead atoms. The molecule has 1 rings (SSSR count). The first-order chi connectivity index (χ1) is 8.04. The van der Waals surface area contributed by atoms with E-state index in [0.29, 0.717) is 11.8 Å². The van der Waals surface area contributed by atoms with Crippen LogP contribution in [0.2, 0.25) is 0 Å². The smallest absolute Gasteiger partial charge is 0.0861 e. The Labute approximate surface area is 106 Å². The number of unbranched alkanes of at least 4 members (excludes halogenated alkanes) is 1. The van der Waals surface area contributed by atoms with Crippen LogP contribution < -0.4 is 0 Å². The van der Waals surface area contributed by atoms with Gasteiger partial charge in [0.1, 0.15) is 0 Å². The molecule has 0 N–H and O–H groups in total. The van der Waals surface area contributed by atoms with Crippen LogP contribution in [-0.4, -0.2) is 15.0 Å². The number of nitrogens with zero attached hydrogens (tertiary/aromatic N) is 3. The van der Waals surface area contributed by atoms with Crippen LogP contribution in [0.15, 0.2) is 0 Å². The van der Waals surface area contributed by atoms with E-state index in [2.05, 4.69) is 49.6 Å². The summed E-state index contributed by atoms with van der Waals surface area (Å²) < 4.78 is 2.13. The van der Waals surface area contributed by atoms with E-state index in [1.54, 1.807) is 0 Å². The Balaban J connectivity index is 2.85. The summed E-state index contributed by atoms with van der Waals surface area (Å²) in [6.07, 6.45) is 4.54. The van der Waals surface area contributed by atoms with E-state index < -0.39 is 0 Å². The van der Waals surface area contributed by atoms with Crippen molar-refractivity contribution in [2.75, 3.05) is 0 Å². The van der Waals surface area contributed by atoms with E-state index >= 15 is 0 Å². The van der Waals surface area contributed by atoms with Gasteiger partial charge in [-0.1, -0.05) is 46.3 Å². The largest absolute Gasteiger partial charge is 0.249 e. The molecule has 0 saturated heterocycles. The molecule has 0 unspecified atom stereocenters. The zero-order chi connectivity index (χ0) is 12.8. The van der Waals surface area contributed by atoms with Crippen molar-refractivity contribution in [3.63, 3.8) is 0 Å². The molecular weight excluding hydrogens is 210 g/mol. The molecule has 1 heterocycles. The second-order valence-corrected chi connectivity index (χ2v) is 5.76. The summed E-state index contributed by atoms with van der Waals surface area (Å²) in [5, 5.41) is 8.70. The van der Waals surface area contributed by atoms with E-state index in [1.165, 1.54) is 24.2 Å². The van der Waals surface area contributed by atoms with Crippen molar-refractivity contribution >= 4 is 0 Å². The van der Waals surface area contributed by atoms with Gasteiger partial charge in [0.15, 0.2) is 0 Å². The minimum absolute atomic E-state index is 0.650. The average molecular weight is 237 g/mol. The summed E-state index contributed by atoms with van der Waals surface area (Å²) in [6.45, 7) is 12.2. The Kier molecular flexibility index (Phi) is 5.66. The molecule has 3 nitrogen and oxygen atoms in total. The van der Waals surface area contributed by atoms with Crippen LogP contribution in [0.25, 0.3) is 0 Å². The maximum atomic E-state index is 4.38. The lowest BCUT2D eigenvalue weighted by Crippen LogP contribution is -2.10. The standard InChI is InChI=1S/C14H27N3/c1-6-7-8-17-14(10-12(4)5)13(15-16-17)9-11(2)3/h11-12H,6-10H2,1-5H3. The van der Waals surface area contributed by atoms with Crippen molar-refractivity contribution in [1.82, 2.24) is 15.0 Å². The summed E-state index contributed by atoms with van der Waals surface area (Å²) in [5.74, 6) is 1.32. The zero-order valence-corrected chi connectivity index (χ0v) is 12.0. The molecule has 0 saturated carbocycles. The van der Waals surface area contributed by atoms with Crippen LogP contribution in [0.3, 0.4) is 0 Å². The van der Waals surface area contributed by atoms with Crippen molar-refractivity contribution in [1.29, 1.82) is 0 Å². The van der Waals surface area contributed by atoms with E-state index in [1.807, 2.05) is 0 Å². The van der Waals surface area contributed by atoms with E-state index in [4.69, 9.17) is 0 Å². The zero-order valence-electron chi connectivity index (χ0n) is 12.0. The molecule has 0 atom stereocenters. The molecule has 1 aromatic rings. The molecular formula is C14H27N3. The summed E-state index contributed by atoms with van der Waals surface area (Å²) in [5.41, 5.74) is 2.58. The predicted octanol–water partition coefficient (Wildman–Crippen LogP) is 3.48. The van der Waals surface area contributed by atoms with Crippen LogP contribution in [0, 0.1) is 11.8 Å². The summed E-state index contributed by atoms with van der Waals surface area (Å²) in [6, 6.07) is 0. The van der Waals surface area contributed by atoms with E-state index in [9.17, 15) is 0 Å². The van der Waals surface area contributed by atoms with Gasteiger partial charge in [-0.2, -0.15) is 0 Å². The monoisotopic (exact) mass is 237 g/mol. The number of aromatic nitrogens is 3. The van der Waals surface area contributed by atoms with Crippen molar-refractivity contribution in [3.8, 4) is 0 Å². The van der Waals surface area contributed by atoms with Gasteiger partial charge in [-0.05, 0) is 31.1 Å². The van der Waals surface area contributed by atoms with Crippen molar-refractivity contribution in [2.45, 2.75) is 66.8 Å². The van der Waals surface area contributed by atoms with Gasteiger partial charge >= 0.3 is 0 Å². The first-order valence-electron chi connectivity index (χ1n) is 6.95. The number of aryl methyl sites for hydroxylation is 1. The molecule has 0 aliphatic rings. The van der Waals surface area contributed by atoms with Gasteiger partial charge in [0.2, 0.25) is 0 Å². The lowest BCUT2D eigenvalue weighted by atomic mass is 10.0. The van der Waals surface area contributed by atoms with Crippen LogP contribution in [0.1, 0.15) is 58.8 Å². The Morgan fingerprint density at radius 3 is 2.24 bits per heavy atom. The van der Waals surface area contributed by atoms with Gasteiger partial charge in [-0.15, -0.1) is 5.10 Å². The highest BCUT2D eigenvalue weighted by Crippen LogP contribution is 2.16. The third-order valence-corrected chi connectivity index (χ3v) is 2.84. The van der Waals surface area contributed by atoms with Crippen LogP contribution >= 0.6 is 0 Å². The van der Waals surface area contributed by atoms with Gasteiger partial charge in [0.05, 0.1) is 11.4 Å². The lowest BCUT2D eigenvalue weighted by Gasteiger charge is -2.10. The molecule has 0 aromatic carbocycles. The maximum Gasteiger partial charge on any atom is 0.0861 e. The fraction of sp³-hybridized carbons (Fsp3) is 0.857. The first-order valence-corrected chi connectivity index (χ1v) is 6.95. The molecule has 0 aliphatic carbocycles. The summed E-state index contributed by atoms with van der Waals surface area (Å²) in [4.78, 5) is 0. The predicted molar refractivity (Wildman–Crippen MR) is 72.0 cm³/mol. The Morgan fingerprint density at radius 1 is 1.06 bits per heavy atom. The van der Waals surface area contributed by atoms with Gasteiger partial charge < -0.3 is 0 Å². The van der Waals surface area contributed by atoms with Gasteiger partial charge in [0, 0.05) is 6.54 Å². The highest BCUT2D eigenvalue weighted by Gasteiger charge is 2.14. The third kappa shape index (κ3) is 4.49. The van der Waals surface area contributed by atoms with Crippen molar-refractivity contribution < 1.29 is 0 Å². The summed E-state index contributed by atoms with van der Waals surface area (Å²) in [7, 11) is 0. The second-order valence-electron chi connectivity index (χ2n) is 5.76. The molecule has 0 fully saturated rings. The fourth-order valence-corrected chi connectivity index (χ4v) is 2.01. The Morgan fingerprint density at radius 2 is 1.71 bits per heavy atom. The topological polar surface area (TPSA) is 30.7 Å². The minimum atomic E-state index is 0.650. The molecule has 0 spiro atoms. The molecule has 0 amide bonds. The first kappa shape index (κ1) is 14.2. The highest BCUT2D eigenvalue weighted by atomic mass is 15.4. The van der Waals surface area contributed by atoms with Gasteiger partial charge in [0.25, 0.3) is 0 Å². The third-order valence-electron chi connectivity index (χ3n) is 2.84. The normalized spacial score (nSPS) is 11.7. The van der Waals surface area contributed by atoms with E-state index in [0.717, 1.165) is 19.4 Å². The summed E-state index contributed by atoms with van der Waals surface area (Å²) >= 11 is 0. The van der Waals surface area contributed by atoms with Crippen LogP contribution in [0.5, 0.6) is 0 Å². The van der Waals surface area contributed by atoms with Crippen molar-refractivity contribution in [3.05, 3.63) is 11.4 Å². The highest BCUT2D eigenvalue weighted by molar-refractivity contribution is 5.11. The molecule has 0 aliphatic heterocycles. The molecule has 3 heteroatoms. The Hall–Kier alpha value is -0.860. The second kappa shape index (κ2) is 6.77. The van der Waals surface area contributed by atoms with Gasteiger partial charge in [-0.3, -0.25) is 0 Å². The molecule has 17 heavy (non-hydrogen) atoms. The molecule has 1 aromatic heterocycles. The minimum Gasteiger partial charge on any atom is -0.249 e. The number of hydrogen-bond donors (Lipinski definition) is 0. The SMILES string of the molecule is CCCCn1nnc(CC(C)C)c1CC(C)C. The Bertz CT molecular complexity index is 326. The van der Waals surface area contributed by atoms with Crippen molar-refractivity contribution in [2.24, 2.45) is 11.8 Å². The van der Waals surface area contributed by atoms with E-state index in [-0.39, 0.29) is 0 Å². The number of rotatable bonds is 7. The van der Waals surface area contributed by atoms with Gasteiger partial charge in [-0.25, -0.2) is 4.68 Å². The van der Waals surface area contributed by atoms with Crippen LogP contribution in [-0.2, 0) is 19.4 Å². The van der Waals surface area contributed by atoms with Crippen LogP contribution in [0.4, 0.5) is 0 Å². The average Bonchev–Trinajstić information content (AvgIpc) is 2.57. The quantitative estimate of drug-likeness (QED) is 0.727. The number of hydrogen-bond acceptors (Lipinski definition) is 2. The lowest BCUT2D eigenvalue weighted by molar-refractivity contribution is 0.509. The molecule has 0 radical (unpaired) electrons. The maximum absolute atomic E-state index is 4.38.